The Morgan fingerprint density at radius 1 is 1.05 bits per heavy atom. The molecule has 102 valence electrons. The highest BCUT2D eigenvalue weighted by Gasteiger charge is 2.11. The number of pyridine rings is 1. The van der Waals surface area contributed by atoms with E-state index in [-0.39, 0.29) is 6.04 Å². The molecule has 0 aliphatic carbocycles. The summed E-state index contributed by atoms with van der Waals surface area (Å²) in [5.41, 5.74) is 10.9. The van der Waals surface area contributed by atoms with Gasteiger partial charge in [0, 0.05) is 16.8 Å². The van der Waals surface area contributed by atoms with E-state index in [1.165, 1.54) is 21.9 Å². The van der Waals surface area contributed by atoms with Crippen molar-refractivity contribution in [3.05, 3.63) is 53.6 Å². The van der Waals surface area contributed by atoms with Crippen LogP contribution in [-0.4, -0.2) is 11.0 Å². The van der Waals surface area contributed by atoms with Crippen molar-refractivity contribution in [2.24, 2.45) is 5.73 Å². The number of para-hydroxylation sites is 1. The van der Waals surface area contributed by atoms with Gasteiger partial charge in [-0.25, -0.2) is 4.98 Å². The molecule has 2 nitrogen and oxygen atoms in total. The third kappa shape index (κ3) is 2.27. The van der Waals surface area contributed by atoms with Gasteiger partial charge in [-0.2, -0.15) is 0 Å². The van der Waals surface area contributed by atoms with Gasteiger partial charge in [0.2, 0.25) is 0 Å². The average molecular weight is 264 g/mol. The molecule has 3 rings (SSSR count). The fourth-order valence-corrected chi connectivity index (χ4v) is 2.72. The van der Waals surface area contributed by atoms with Crippen molar-refractivity contribution in [3.63, 3.8) is 0 Å². The molecule has 0 spiro atoms. The minimum Gasteiger partial charge on any atom is -0.327 e. The number of hydrogen-bond donors (Lipinski definition) is 1. The Morgan fingerprint density at radius 2 is 1.80 bits per heavy atom. The minimum atomic E-state index is 0.199. The predicted molar refractivity (Wildman–Crippen MR) is 86.0 cm³/mol. The number of nitrogens with two attached hydrogens (primary N) is 1. The van der Waals surface area contributed by atoms with Gasteiger partial charge in [-0.3, -0.25) is 0 Å². The fraction of sp³-hybridized carbons (Fsp3) is 0.278. The summed E-state index contributed by atoms with van der Waals surface area (Å²) >= 11 is 0. The van der Waals surface area contributed by atoms with E-state index in [1.54, 1.807) is 0 Å². The zero-order valence-electron chi connectivity index (χ0n) is 12.1. The first-order valence-electron chi connectivity index (χ1n) is 7.22. The molecule has 0 saturated carbocycles. The summed E-state index contributed by atoms with van der Waals surface area (Å²) in [7, 11) is 0. The smallest absolute Gasteiger partial charge is 0.0712 e. The highest BCUT2D eigenvalue weighted by atomic mass is 14.7. The number of hydrogen-bond acceptors (Lipinski definition) is 2. The molecule has 1 heterocycles. The van der Waals surface area contributed by atoms with Crippen molar-refractivity contribution in [1.29, 1.82) is 0 Å². The molecule has 1 atom stereocenters. The Bertz CT molecular complexity index is 762. The van der Waals surface area contributed by atoms with Crippen LogP contribution >= 0.6 is 0 Å². The van der Waals surface area contributed by atoms with E-state index in [0.717, 1.165) is 23.9 Å². The zero-order valence-corrected chi connectivity index (χ0v) is 12.1. The molecule has 3 aromatic rings. The van der Waals surface area contributed by atoms with Gasteiger partial charge < -0.3 is 5.73 Å². The number of aryl methyl sites for hydroxylation is 1. The summed E-state index contributed by atoms with van der Waals surface area (Å²) in [6, 6.07) is 15.0. The summed E-state index contributed by atoms with van der Waals surface area (Å²) in [5, 5.41) is 2.47. The van der Waals surface area contributed by atoms with E-state index in [4.69, 9.17) is 10.7 Å². The molecule has 2 N–H and O–H groups in total. The van der Waals surface area contributed by atoms with Crippen LogP contribution in [0.15, 0.2) is 42.5 Å². The Labute approximate surface area is 119 Å². The Hall–Kier alpha value is -1.93. The van der Waals surface area contributed by atoms with Crippen molar-refractivity contribution >= 4 is 21.8 Å². The van der Waals surface area contributed by atoms with Gasteiger partial charge in [-0.15, -0.1) is 0 Å². The lowest BCUT2D eigenvalue weighted by Crippen LogP contribution is -2.21. The quantitative estimate of drug-likeness (QED) is 0.727. The van der Waals surface area contributed by atoms with Crippen LogP contribution in [-0.2, 0) is 6.42 Å². The number of benzene rings is 2. The van der Waals surface area contributed by atoms with Gasteiger partial charge in [0.1, 0.15) is 0 Å². The highest BCUT2D eigenvalue weighted by molar-refractivity contribution is 5.97. The zero-order chi connectivity index (χ0) is 14.1. The minimum absolute atomic E-state index is 0.199. The molecule has 0 aliphatic rings. The van der Waals surface area contributed by atoms with Gasteiger partial charge in [-0.05, 0) is 43.5 Å². The predicted octanol–water partition coefficient (Wildman–Crippen LogP) is 3.98. The number of fused-ring (bicyclic) bond motifs is 2. The summed E-state index contributed by atoms with van der Waals surface area (Å²) in [4.78, 5) is 4.77. The van der Waals surface area contributed by atoms with E-state index in [1.807, 2.05) is 6.07 Å². The van der Waals surface area contributed by atoms with Crippen molar-refractivity contribution in [1.82, 2.24) is 4.98 Å². The van der Waals surface area contributed by atoms with E-state index in [9.17, 15) is 0 Å². The highest BCUT2D eigenvalue weighted by Crippen LogP contribution is 2.27. The first-order valence-corrected chi connectivity index (χ1v) is 7.22. The molecule has 20 heavy (non-hydrogen) atoms. The summed E-state index contributed by atoms with van der Waals surface area (Å²) in [6.45, 7) is 4.26. The van der Waals surface area contributed by atoms with Gasteiger partial charge in [0.25, 0.3) is 0 Å². The van der Waals surface area contributed by atoms with E-state index in [0.29, 0.717) is 0 Å². The molecular weight excluding hydrogens is 244 g/mol. The van der Waals surface area contributed by atoms with Crippen LogP contribution < -0.4 is 5.73 Å². The van der Waals surface area contributed by atoms with Crippen molar-refractivity contribution in [2.45, 2.75) is 32.7 Å². The normalized spacial score (nSPS) is 12.9. The lowest BCUT2D eigenvalue weighted by Gasteiger charge is -2.14. The molecule has 0 saturated heterocycles. The van der Waals surface area contributed by atoms with Crippen LogP contribution in [0.5, 0.6) is 0 Å². The number of aromatic nitrogens is 1. The lowest BCUT2D eigenvalue weighted by molar-refractivity contribution is 0.651. The topological polar surface area (TPSA) is 38.9 Å². The number of rotatable bonds is 3. The van der Waals surface area contributed by atoms with Gasteiger partial charge in [0.15, 0.2) is 0 Å². The van der Waals surface area contributed by atoms with Crippen LogP contribution in [0.3, 0.4) is 0 Å². The maximum absolute atomic E-state index is 6.20. The average Bonchev–Trinajstić information content (AvgIpc) is 2.47. The van der Waals surface area contributed by atoms with Crippen LogP contribution in [0.4, 0.5) is 0 Å². The van der Waals surface area contributed by atoms with Crippen LogP contribution in [0.2, 0.25) is 0 Å². The molecule has 0 aliphatic heterocycles. The maximum atomic E-state index is 6.20. The molecule has 0 amide bonds. The van der Waals surface area contributed by atoms with Gasteiger partial charge >= 0.3 is 0 Å². The molecule has 2 aromatic carbocycles. The van der Waals surface area contributed by atoms with E-state index >= 15 is 0 Å². The van der Waals surface area contributed by atoms with Crippen LogP contribution in [0.25, 0.3) is 21.8 Å². The Morgan fingerprint density at radius 3 is 2.60 bits per heavy atom. The van der Waals surface area contributed by atoms with Crippen molar-refractivity contribution in [3.8, 4) is 0 Å². The molecule has 2 heteroatoms. The van der Waals surface area contributed by atoms with Gasteiger partial charge in [0.05, 0.1) is 11.0 Å². The fourth-order valence-electron chi connectivity index (χ4n) is 2.72. The number of nitrogens with zero attached hydrogens (tertiary/aromatic N) is 1. The van der Waals surface area contributed by atoms with Crippen LogP contribution in [0, 0.1) is 6.92 Å². The molecule has 0 radical (unpaired) electrons. The molecule has 0 bridgehead atoms. The third-order valence-corrected chi connectivity index (χ3v) is 3.94. The molecule has 1 unspecified atom stereocenters. The third-order valence-electron chi connectivity index (χ3n) is 3.94. The second-order valence-electron chi connectivity index (χ2n) is 5.50. The standard InChI is InChI=1S/C18H20N2/c1-3-13(19)11-15-14-6-4-5-7-17(14)20-18-9-8-12(2)10-16(15)18/h4-10,13H,3,11,19H2,1-2H3. The molecule has 0 fully saturated rings. The second-order valence-corrected chi connectivity index (χ2v) is 5.50. The van der Waals surface area contributed by atoms with E-state index in [2.05, 4.69) is 50.2 Å². The SMILES string of the molecule is CCC(N)Cc1c2ccccc2nc2ccc(C)cc12. The van der Waals surface area contributed by atoms with Crippen molar-refractivity contribution < 1.29 is 0 Å². The molecule has 1 aromatic heterocycles. The van der Waals surface area contributed by atoms with Crippen molar-refractivity contribution in [2.75, 3.05) is 0 Å². The summed E-state index contributed by atoms with van der Waals surface area (Å²) < 4.78 is 0. The first kappa shape index (κ1) is 13.1. The Kier molecular flexibility index (Phi) is 3.41. The van der Waals surface area contributed by atoms with Gasteiger partial charge in [-0.1, -0.05) is 36.8 Å². The first-order chi connectivity index (χ1) is 9.69. The largest absolute Gasteiger partial charge is 0.327 e. The summed E-state index contributed by atoms with van der Waals surface area (Å²) in [6.07, 6.45) is 1.89. The van der Waals surface area contributed by atoms with E-state index < -0.39 is 0 Å². The van der Waals surface area contributed by atoms with Crippen LogP contribution in [0.1, 0.15) is 24.5 Å². The second kappa shape index (κ2) is 5.22. The Balaban J connectivity index is 2.35. The molecular formula is C18H20N2. The monoisotopic (exact) mass is 264 g/mol. The maximum Gasteiger partial charge on any atom is 0.0712 e. The summed E-state index contributed by atoms with van der Waals surface area (Å²) in [5.74, 6) is 0. The lowest BCUT2D eigenvalue weighted by atomic mass is 9.95.